The second kappa shape index (κ2) is 11.7. The quantitative estimate of drug-likeness (QED) is 0.354. The molecule has 3 rings (SSSR count). The molecule has 0 saturated carbocycles. The third-order valence-electron chi connectivity index (χ3n) is 5.71. The number of halogens is 1. The van der Waals surface area contributed by atoms with E-state index >= 15 is 0 Å². The van der Waals surface area contributed by atoms with Crippen LogP contribution in [0.4, 0.5) is 0 Å². The van der Waals surface area contributed by atoms with Gasteiger partial charge in [-0.15, -0.1) is 24.0 Å². The molecule has 0 spiro atoms. The summed E-state index contributed by atoms with van der Waals surface area (Å²) in [6, 6.07) is 2.04. The van der Waals surface area contributed by atoms with E-state index in [9.17, 15) is 4.79 Å². The molecule has 9 heteroatoms. The van der Waals surface area contributed by atoms with Crippen LogP contribution in [0.5, 0.6) is 0 Å². The minimum atomic E-state index is -0.236. The highest BCUT2D eigenvalue weighted by Crippen LogP contribution is 2.22. The summed E-state index contributed by atoms with van der Waals surface area (Å²) >= 11 is 0. The van der Waals surface area contributed by atoms with E-state index in [2.05, 4.69) is 34.2 Å². The third-order valence-corrected chi connectivity index (χ3v) is 5.71. The number of hydrogen-bond donors (Lipinski definition) is 1. The summed E-state index contributed by atoms with van der Waals surface area (Å²) in [5, 5.41) is 7.57. The Morgan fingerprint density at radius 3 is 2.55 bits per heavy atom. The van der Waals surface area contributed by atoms with E-state index in [0.29, 0.717) is 32.2 Å². The lowest BCUT2D eigenvalue weighted by molar-refractivity contribution is -0.142. The highest BCUT2D eigenvalue weighted by Gasteiger charge is 2.30. The second-order valence-corrected chi connectivity index (χ2v) is 7.45. The predicted molar refractivity (Wildman–Crippen MR) is 123 cm³/mol. The van der Waals surface area contributed by atoms with Gasteiger partial charge < -0.3 is 24.4 Å². The van der Waals surface area contributed by atoms with Gasteiger partial charge in [-0.3, -0.25) is 9.79 Å². The van der Waals surface area contributed by atoms with Crippen LogP contribution in [-0.4, -0.2) is 72.8 Å². The first-order valence-electron chi connectivity index (χ1n) is 10.5. The fraction of sp³-hybridized carbons (Fsp3) is 0.750. The van der Waals surface area contributed by atoms with Crippen LogP contribution in [0, 0.1) is 0 Å². The predicted octanol–water partition coefficient (Wildman–Crippen LogP) is 2.59. The molecular formula is C20H34IN5O3. The van der Waals surface area contributed by atoms with Crippen molar-refractivity contribution in [1.82, 2.24) is 20.3 Å². The summed E-state index contributed by atoms with van der Waals surface area (Å²) in [5.41, 5.74) is 1.03. The standard InChI is InChI=1S/C20H33N5O3.HI/c1-4-15(5-2)17-13-16(28-23-17)14-22-20(21-3)25-10-8-24(9-11-25)19(26)18-7-6-12-27-18;/h13,15,18H,4-12,14H2,1-3H3,(H,21,22);1H. The topological polar surface area (TPSA) is 83.2 Å². The number of carbonyl (C=O) groups is 1. The molecule has 2 fully saturated rings. The van der Waals surface area contributed by atoms with Gasteiger partial charge in [0, 0.05) is 51.8 Å². The first-order valence-corrected chi connectivity index (χ1v) is 10.5. The number of guanidine groups is 1. The lowest BCUT2D eigenvalue weighted by Gasteiger charge is -2.37. The zero-order chi connectivity index (χ0) is 19.9. The van der Waals surface area contributed by atoms with Crippen LogP contribution in [0.2, 0.25) is 0 Å². The number of piperazine rings is 1. The largest absolute Gasteiger partial charge is 0.368 e. The Balaban J connectivity index is 0.00000300. The number of nitrogens with zero attached hydrogens (tertiary/aromatic N) is 4. The Labute approximate surface area is 190 Å². The summed E-state index contributed by atoms with van der Waals surface area (Å²) in [7, 11) is 1.78. The van der Waals surface area contributed by atoms with Crippen molar-refractivity contribution in [3.05, 3.63) is 17.5 Å². The van der Waals surface area contributed by atoms with Gasteiger partial charge in [0.1, 0.15) is 6.10 Å². The van der Waals surface area contributed by atoms with E-state index in [0.717, 1.165) is 56.2 Å². The molecule has 1 aromatic heterocycles. The molecule has 2 aliphatic heterocycles. The molecule has 29 heavy (non-hydrogen) atoms. The van der Waals surface area contributed by atoms with E-state index in [1.807, 2.05) is 11.0 Å². The molecule has 1 amide bonds. The van der Waals surface area contributed by atoms with E-state index in [1.165, 1.54) is 0 Å². The number of ether oxygens (including phenoxy) is 1. The van der Waals surface area contributed by atoms with Crippen molar-refractivity contribution in [2.45, 2.75) is 58.1 Å². The van der Waals surface area contributed by atoms with Crippen molar-refractivity contribution in [2.24, 2.45) is 4.99 Å². The first-order chi connectivity index (χ1) is 13.7. The van der Waals surface area contributed by atoms with Crippen molar-refractivity contribution in [2.75, 3.05) is 39.8 Å². The molecule has 1 aromatic rings. The maximum atomic E-state index is 12.5. The molecular weight excluding hydrogens is 485 g/mol. The molecule has 2 saturated heterocycles. The highest BCUT2D eigenvalue weighted by atomic mass is 127. The SMILES string of the molecule is CCC(CC)c1cc(CNC(=NC)N2CCN(C(=O)C3CCCO3)CC2)on1.I. The average molecular weight is 519 g/mol. The number of aromatic nitrogens is 1. The van der Waals surface area contributed by atoms with Gasteiger partial charge in [0.25, 0.3) is 5.91 Å². The fourth-order valence-electron chi connectivity index (χ4n) is 3.92. The van der Waals surface area contributed by atoms with Crippen molar-refractivity contribution in [3.8, 4) is 0 Å². The van der Waals surface area contributed by atoms with E-state index < -0.39 is 0 Å². The minimum absolute atomic E-state index is 0. The molecule has 0 radical (unpaired) electrons. The van der Waals surface area contributed by atoms with Gasteiger partial charge in [0.05, 0.1) is 12.2 Å². The number of aliphatic imine (C=N–C) groups is 1. The number of rotatable bonds is 6. The number of amides is 1. The molecule has 1 N–H and O–H groups in total. The van der Waals surface area contributed by atoms with E-state index in [-0.39, 0.29) is 36.0 Å². The molecule has 1 unspecified atom stereocenters. The summed E-state index contributed by atoms with van der Waals surface area (Å²) in [6.07, 6.45) is 3.71. The summed E-state index contributed by atoms with van der Waals surface area (Å²) < 4.78 is 11.0. The van der Waals surface area contributed by atoms with Gasteiger partial charge in [0.2, 0.25) is 0 Å². The van der Waals surface area contributed by atoms with E-state index in [4.69, 9.17) is 9.26 Å². The maximum absolute atomic E-state index is 12.5. The van der Waals surface area contributed by atoms with Gasteiger partial charge in [0.15, 0.2) is 11.7 Å². The lowest BCUT2D eigenvalue weighted by atomic mass is 9.99. The molecule has 3 heterocycles. The van der Waals surface area contributed by atoms with Crippen LogP contribution in [0.1, 0.15) is 56.9 Å². The van der Waals surface area contributed by atoms with Gasteiger partial charge in [-0.2, -0.15) is 0 Å². The van der Waals surface area contributed by atoms with Crippen LogP contribution < -0.4 is 5.32 Å². The Morgan fingerprint density at radius 2 is 1.97 bits per heavy atom. The molecule has 8 nitrogen and oxygen atoms in total. The fourth-order valence-corrected chi connectivity index (χ4v) is 3.92. The van der Waals surface area contributed by atoms with Gasteiger partial charge in [-0.25, -0.2) is 0 Å². The van der Waals surface area contributed by atoms with Crippen LogP contribution in [0.15, 0.2) is 15.6 Å². The van der Waals surface area contributed by atoms with Crippen molar-refractivity contribution >= 4 is 35.8 Å². The highest BCUT2D eigenvalue weighted by molar-refractivity contribution is 14.0. The Kier molecular flexibility index (Phi) is 9.67. The van der Waals surface area contributed by atoms with Crippen molar-refractivity contribution in [1.29, 1.82) is 0 Å². The lowest BCUT2D eigenvalue weighted by Crippen LogP contribution is -2.55. The molecule has 0 aliphatic carbocycles. The van der Waals surface area contributed by atoms with Crippen molar-refractivity contribution < 1.29 is 14.1 Å². The van der Waals surface area contributed by atoms with Crippen LogP contribution >= 0.6 is 24.0 Å². The summed E-state index contributed by atoms with van der Waals surface area (Å²) in [5.74, 6) is 2.22. The number of carbonyl (C=O) groups excluding carboxylic acids is 1. The van der Waals surface area contributed by atoms with Crippen LogP contribution in [-0.2, 0) is 16.1 Å². The van der Waals surface area contributed by atoms with Gasteiger partial charge >= 0.3 is 0 Å². The van der Waals surface area contributed by atoms with Crippen LogP contribution in [0.3, 0.4) is 0 Å². The number of nitrogens with one attached hydrogen (secondary N) is 1. The molecule has 0 bridgehead atoms. The monoisotopic (exact) mass is 519 g/mol. The van der Waals surface area contributed by atoms with E-state index in [1.54, 1.807) is 7.05 Å². The average Bonchev–Trinajstić information content (AvgIpc) is 3.42. The summed E-state index contributed by atoms with van der Waals surface area (Å²) in [4.78, 5) is 21.0. The third kappa shape index (κ3) is 6.07. The Bertz CT molecular complexity index is 663. The molecule has 1 atom stereocenters. The smallest absolute Gasteiger partial charge is 0.251 e. The normalized spacial score (nSPS) is 20.1. The number of hydrogen-bond acceptors (Lipinski definition) is 5. The van der Waals surface area contributed by atoms with Crippen LogP contribution in [0.25, 0.3) is 0 Å². The zero-order valence-electron chi connectivity index (χ0n) is 17.7. The molecule has 0 aromatic carbocycles. The Hall–Kier alpha value is -1.36. The first kappa shape index (κ1) is 23.9. The van der Waals surface area contributed by atoms with Gasteiger partial charge in [-0.1, -0.05) is 19.0 Å². The summed E-state index contributed by atoms with van der Waals surface area (Å²) in [6.45, 7) is 8.50. The second-order valence-electron chi connectivity index (χ2n) is 7.45. The molecule has 2 aliphatic rings. The zero-order valence-corrected chi connectivity index (χ0v) is 20.1. The van der Waals surface area contributed by atoms with Crippen molar-refractivity contribution in [3.63, 3.8) is 0 Å². The maximum Gasteiger partial charge on any atom is 0.251 e. The van der Waals surface area contributed by atoms with Gasteiger partial charge in [-0.05, 0) is 25.7 Å². The molecule has 164 valence electrons. The Morgan fingerprint density at radius 1 is 1.28 bits per heavy atom. The minimum Gasteiger partial charge on any atom is -0.368 e.